The van der Waals surface area contributed by atoms with Gasteiger partial charge >= 0.3 is 0 Å². The molecule has 0 saturated carbocycles. The summed E-state index contributed by atoms with van der Waals surface area (Å²) in [6, 6.07) is 5.64. The number of aromatic amines is 1. The lowest BCUT2D eigenvalue weighted by molar-refractivity contribution is 0.171. The molecule has 0 bridgehead atoms. The molecule has 1 aliphatic rings. The maximum atomic E-state index is 5.92. The van der Waals surface area contributed by atoms with E-state index in [4.69, 9.17) is 19.7 Å². The number of nitrogen functional groups attached to an aromatic ring is 1. The normalized spacial score (nSPS) is 13.3. The molecule has 1 aromatic carbocycles. The smallest absolute Gasteiger partial charge is 0.230 e. The van der Waals surface area contributed by atoms with E-state index in [0.29, 0.717) is 30.2 Å². The first-order valence-electron chi connectivity index (χ1n) is 6.47. The van der Waals surface area contributed by atoms with E-state index in [0.717, 1.165) is 16.9 Å². The third-order valence-electron chi connectivity index (χ3n) is 3.32. The van der Waals surface area contributed by atoms with Gasteiger partial charge in [-0.15, -0.1) is 0 Å². The van der Waals surface area contributed by atoms with Crippen molar-refractivity contribution in [2.24, 2.45) is 0 Å². The highest BCUT2D eigenvalue weighted by molar-refractivity contribution is 5.87. The van der Waals surface area contributed by atoms with Crippen molar-refractivity contribution in [2.45, 2.75) is 0 Å². The first-order chi connectivity index (χ1) is 10.3. The molecule has 0 atom stereocenters. The summed E-state index contributed by atoms with van der Waals surface area (Å²) in [6.45, 7) is 1.09. The number of H-pyrrole nitrogens is 1. The zero-order chi connectivity index (χ0) is 14.2. The Labute approximate surface area is 119 Å². The predicted octanol–water partition coefficient (Wildman–Crippen LogP) is 2.09. The Morgan fingerprint density at radius 1 is 1.10 bits per heavy atom. The number of fused-ring (bicyclic) bond motifs is 1. The molecule has 1 aliphatic heterocycles. The number of nitrogens with two attached hydrogens (primary N) is 1. The Morgan fingerprint density at radius 3 is 2.76 bits per heavy atom. The lowest BCUT2D eigenvalue weighted by Crippen LogP contribution is -2.15. The van der Waals surface area contributed by atoms with Gasteiger partial charge in [0.25, 0.3) is 0 Å². The largest absolute Gasteiger partial charge is 0.486 e. The first kappa shape index (κ1) is 11.8. The van der Waals surface area contributed by atoms with Crippen LogP contribution < -0.4 is 15.2 Å². The third-order valence-corrected chi connectivity index (χ3v) is 3.32. The summed E-state index contributed by atoms with van der Waals surface area (Å²) in [5.41, 5.74) is 8.94. The maximum Gasteiger partial charge on any atom is 0.230 e. The van der Waals surface area contributed by atoms with E-state index < -0.39 is 0 Å². The number of rotatable bonds is 2. The molecule has 7 nitrogen and oxygen atoms in total. The Kier molecular flexibility index (Phi) is 2.56. The van der Waals surface area contributed by atoms with Crippen molar-refractivity contribution in [1.82, 2.24) is 15.4 Å². The van der Waals surface area contributed by atoms with Crippen molar-refractivity contribution in [3.8, 4) is 33.9 Å². The molecule has 0 amide bonds. The van der Waals surface area contributed by atoms with Crippen LogP contribution in [0.2, 0.25) is 0 Å². The fraction of sp³-hybridized carbons (Fsp3) is 0.143. The Bertz CT molecular complexity index is 780. The van der Waals surface area contributed by atoms with Gasteiger partial charge in [0.15, 0.2) is 11.5 Å². The molecule has 3 N–H and O–H groups in total. The number of hydrogen-bond donors (Lipinski definition) is 2. The van der Waals surface area contributed by atoms with Crippen molar-refractivity contribution in [3.05, 3.63) is 30.6 Å². The van der Waals surface area contributed by atoms with Gasteiger partial charge in [-0.3, -0.25) is 5.10 Å². The molecule has 21 heavy (non-hydrogen) atoms. The minimum absolute atomic E-state index is 0.253. The van der Waals surface area contributed by atoms with E-state index >= 15 is 0 Å². The number of benzene rings is 1. The number of anilines is 1. The van der Waals surface area contributed by atoms with Crippen molar-refractivity contribution in [2.75, 3.05) is 18.9 Å². The van der Waals surface area contributed by atoms with Crippen molar-refractivity contribution >= 4 is 5.88 Å². The molecule has 0 aliphatic carbocycles. The van der Waals surface area contributed by atoms with Crippen LogP contribution in [0, 0.1) is 0 Å². The van der Waals surface area contributed by atoms with E-state index in [1.165, 1.54) is 0 Å². The van der Waals surface area contributed by atoms with Gasteiger partial charge in [0.05, 0.1) is 11.8 Å². The number of nitrogens with zero attached hydrogens (tertiary/aromatic N) is 2. The average Bonchev–Trinajstić information content (AvgIpc) is 3.16. The van der Waals surface area contributed by atoms with Gasteiger partial charge in [0, 0.05) is 11.8 Å². The molecule has 0 unspecified atom stereocenters. The van der Waals surface area contributed by atoms with Crippen LogP contribution in [-0.4, -0.2) is 28.6 Å². The van der Waals surface area contributed by atoms with E-state index in [-0.39, 0.29) is 5.88 Å². The Hall–Kier alpha value is -2.96. The highest BCUT2D eigenvalue weighted by Gasteiger charge is 2.20. The van der Waals surface area contributed by atoms with Gasteiger partial charge in [-0.05, 0) is 17.7 Å². The first-order valence-corrected chi connectivity index (χ1v) is 6.47. The van der Waals surface area contributed by atoms with Gasteiger partial charge in [-0.25, -0.2) is 0 Å². The summed E-state index contributed by atoms with van der Waals surface area (Å²) >= 11 is 0. The molecule has 106 valence electrons. The molecule has 3 aromatic rings. The molecule has 0 fully saturated rings. The van der Waals surface area contributed by atoms with Gasteiger partial charge in [0.1, 0.15) is 18.9 Å². The molecule has 0 saturated heterocycles. The van der Waals surface area contributed by atoms with Crippen molar-refractivity contribution < 1.29 is 14.0 Å². The monoisotopic (exact) mass is 284 g/mol. The number of aromatic nitrogens is 3. The summed E-state index contributed by atoms with van der Waals surface area (Å²) in [4.78, 5) is 0. The summed E-state index contributed by atoms with van der Waals surface area (Å²) in [5, 5.41) is 10.7. The van der Waals surface area contributed by atoms with Gasteiger partial charge in [-0.1, -0.05) is 11.2 Å². The van der Waals surface area contributed by atoms with Gasteiger partial charge in [0.2, 0.25) is 5.88 Å². The molecule has 4 rings (SSSR count). The molecule has 3 heterocycles. The van der Waals surface area contributed by atoms with Crippen LogP contribution >= 0.6 is 0 Å². The van der Waals surface area contributed by atoms with Crippen LogP contribution in [0.25, 0.3) is 22.4 Å². The summed E-state index contributed by atoms with van der Waals surface area (Å²) in [7, 11) is 0. The molecule has 0 spiro atoms. The minimum atomic E-state index is 0.253. The van der Waals surface area contributed by atoms with Crippen LogP contribution in [0.15, 0.2) is 35.1 Å². The lowest BCUT2D eigenvalue weighted by Gasteiger charge is -2.18. The Morgan fingerprint density at radius 2 is 1.95 bits per heavy atom. The summed E-state index contributed by atoms with van der Waals surface area (Å²) in [5.74, 6) is 1.67. The molecule has 0 radical (unpaired) electrons. The molecule has 7 heteroatoms. The maximum absolute atomic E-state index is 5.92. The molecular weight excluding hydrogens is 272 g/mol. The fourth-order valence-electron chi connectivity index (χ4n) is 2.36. The van der Waals surface area contributed by atoms with Crippen LogP contribution in [0.4, 0.5) is 5.88 Å². The average molecular weight is 284 g/mol. The highest BCUT2D eigenvalue weighted by atomic mass is 16.6. The van der Waals surface area contributed by atoms with E-state index in [2.05, 4.69) is 15.4 Å². The number of nitrogens with one attached hydrogen (secondary N) is 1. The second-order valence-corrected chi connectivity index (χ2v) is 4.62. The zero-order valence-corrected chi connectivity index (χ0v) is 11.0. The van der Waals surface area contributed by atoms with Gasteiger partial charge in [-0.2, -0.15) is 5.10 Å². The summed E-state index contributed by atoms with van der Waals surface area (Å²) < 4.78 is 16.2. The van der Waals surface area contributed by atoms with Crippen LogP contribution in [0.5, 0.6) is 11.5 Å². The van der Waals surface area contributed by atoms with Crippen molar-refractivity contribution in [1.29, 1.82) is 0 Å². The van der Waals surface area contributed by atoms with E-state index in [1.807, 2.05) is 18.2 Å². The van der Waals surface area contributed by atoms with Crippen LogP contribution in [0.1, 0.15) is 0 Å². The number of ether oxygens (including phenoxy) is 2. The predicted molar refractivity (Wildman–Crippen MR) is 74.9 cm³/mol. The van der Waals surface area contributed by atoms with Crippen molar-refractivity contribution in [3.63, 3.8) is 0 Å². The third kappa shape index (κ3) is 1.90. The topological polar surface area (TPSA) is 99.2 Å². The quantitative estimate of drug-likeness (QED) is 0.747. The van der Waals surface area contributed by atoms with E-state index in [1.54, 1.807) is 12.4 Å². The van der Waals surface area contributed by atoms with Crippen LogP contribution in [-0.2, 0) is 0 Å². The molecule has 2 aromatic heterocycles. The number of hydrogen-bond acceptors (Lipinski definition) is 6. The van der Waals surface area contributed by atoms with Gasteiger partial charge < -0.3 is 19.7 Å². The van der Waals surface area contributed by atoms with E-state index in [9.17, 15) is 0 Å². The minimum Gasteiger partial charge on any atom is -0.486 e. The fourth-order valence-corrected chi connectivity index (χ4v) is 2.36. The lowest BCUT2D eigenvalue weighted by atomic mass is 10.0. The standard InChI is InChI=1S/C14H12N4O3/c15-14-12(13(18-21-14)9-6-16-17-7-9)8-1-2-10-11(5-8)20-4-3-19-10/h1-2,5-7H,3-4,15H2,(H,16,17). The second-order valence-electron chi connectivity index (χ2n) is 4.62. The zero-order valence-electron chi connectivity index (χ0n) is 11.0. The SMILES string of the molecule is Nc1onc(-c2cn[nH]c2)c1-c1ccc2c(c1)OCCO2. The summed E-state index contributed by atoms with van der Waals surface area (Å²) in [6.07, 6.45) is 3.40. The molecular formula is C14H12N4O3. The highest BCUT2D eigenvalue weighted by Crippen LogP contribution is 2.40. The second kappa shape index (κ2) is 4.55. The Balaban J connectivity index is 1.85. The van der Waals surface area contributed by atoms with Crippen LogP contribution in [0.3, 0.4) is 0 Å².